The second kappa shape index (κ2) is 9.31. The highest BCUT2D eigenvalue weighted by atomic mass is 79.9. The molecular formula is C24H22BrN3O3. The lowest BCUT2D eigenvalue weighted by Gasteiger charge is -2.22. The van der Waals surface area contributed by atoms with Crippen molar-refractivity contribution in [2.75, 3.05) is 11.4 Å². The average Bonchev–Trinajstić information content (AvgIpc) is 2.88. The summed E-state index contributed by atoms with van der Waals surface area (Å²) in [5.41, 5.74) is 3.14. The third-order valence-corrected chi connectivity index (χ3v) is 5.85. The summed E-state index contributed by atoms with van der Waals surface area (Å²) in [6, 6.07) is 16.9. The second-order valence-electron chi connectivity index (χ2n) is 7.36. The van der Waals surface area contributed by atoms with Gasteiger partial charge in [-0.05, 0) is 54.8 Å². The van der Waals surface area contributed by atoms with Gasteiger partial charge in [-0.25, -0.2) is 4.98 Å². The van der Waals surface area contributed by atoms with E-state index in [1.165, 1.54) is 0 Å². The Hall–Kier alpha value is -3.19. The van der Waals surface area contributed by atoms with Crippen molar-refractivity contribution in [2.24, 2.45) is 0 Å². The van der Waals surface area contributed by atoms with Crippen LogP contribution in [0.1, 0.15) is 34.3 Å². The van der Waals surface area contributed by atoms with Crippen molar-refractivity contribution in [1.82, 2.24) is 10.3 Å². The van der Waals surface area contributed by atoms with E-state index in [2.05, 4.69) is 26.2 Å². The lowest BCUT2D eigenvalue weighted by Crippen LogP contribution is -2.32. The van der Waals surface area contributed by atoms with E-state index in [1.807, 2.05) is 49.4 Å². The van der Waals surface area contributed by atoms with Gasteiger partial charge in [0.1, 0.15) is 5.56 Å². The normalized spacial score (nSPS) is 12.5. The van der Waals surface area contributed by atoms with Crippen molar-refractivity contribution >= 4 is 33.4 Å². The van der Waals surface area contributed by atoms with Crippen LogP contribution in [0.2, 0.25) is 0 Å². The van der Waals surface area contributed by atoms with Crippen LogP contribution in [0, 0.1) is 6.92 Å². The highest BCUT2D eigenvalue weighted by molar-refractivity contribution is 9.10. The zero-order chi connectivity index (χ0) is 21.8. The maximum atomic E-state index is 13.2. The fraction of sp³-hybridized carbons (Fsp3) is 0.208. The number of carbonyl (C=O) groups is 2. The van der Waals surface area contributed by atoms with Crippen LogP contribution < -0.4 is 15.0 Å². The first kappa shape index (κ1) is 21.1. The highest BCUT2D eigenvalue weighted by Crippen LogP contribution is 2.38. The zero-order valence-electron chi connectivity index (χ0n) is 17.1. The van der Waals surface area contributed by atoms with Gasteiger partial charge in [0.25, 0.3) is 5.91 Å². The summed E-state index contributed by atoms with van der Waals surface area (Å²) in [6.07, 6.45) is 2.44. The Labute approximate surface area is 189 Å². The van der Waals surface area contributed by atoms with Gasteiger partial charge in [-0.1, -0.05) is 40.2 Å². The van der Waals surface area contributed by atoms with Crippen LogP contribution in [0.15, 0.2) is 65.3 Å². The number of fused-ring (bicyclic) bond motifs is 2. The van der Waals surface area contributed by atoms with E-state index in [1.54, 1.807) is 23.2 Å². The number of aryl methyl sites for hydroxylation is 1. The van der Waals surface area contributed by atoms with Gasteiger partial charge >= 0.3 is 0 Å². The molecule has 0 bridgehead atoms. The zero-order valence-corrected chi connectivity index (χ0v) is 18.7. The molecule has 7 heteroatoms. The maximum Gasteiger partial charge on any atom is 0.263 e. The number of anilines is 1. The van der Waals surface area contributed by atoms with Crippen molar-refractivity contribution in [2.45, 2.75) is 26.3 Å². The molecule has 3 aromatic rings. The largest absolute Gasteiger partial charge is 0.436 e. The summed E-state index contributed by atoms with van der Waals surface area (Å²) in [5, 5.41) is 2.94. The molecule has 2 amide bonds. The summed E-state index contributed by atoms with van der Waals surface area (Å²) in [7, 11) is 0. The summed E-state index contributed by atoms with van der Waals surface area (Å²) < 4.78 is 6.89. The Morgan fingerprint density at radius 1 is 1.16 bits per heavy atom. The predicted molar refractivity (Wildman–Crippen MR) is 122 cm³/mol. The molecule has 1 aromatic heterocycles. The Morgan fingerprint density at radius 2 is 2.00 bits per heavy atom. The average molecular weight is 480 g/mol. The van der Waals surface area contributed by atoms with Gasteiger partial charge in [0.2, 0.25) is 11.8 Å². The lowest BCUT2D eigenvalue weighted by atomic mass is 10.1. The monoisotopic (exact) mass is 479 g/mol. The molecule has 0 saturated carbocycles. The first-order chi connectivity index (χ1) is 15.0. The number of amides is 2. The summed E-state index contributed by atoms with van der Waals surface area (Å²) in [6.45, 7) is 2.82. The topological polar surface area (TPSA) is 71.5 Å². The van der Waals surface area contributed by atoms with E-state index in [0.717, 1.165) is 15.6 Å². The molecule has 6 nitrogen and oxygen atoms in total. The molecule has 158 valence electrons. The van der Waals surface area contributed by atoms with E-state index in [0.29, 0.717) is 48.8 Å². The van der Waals surface area contributed by atoms with E-state index in [-0.39, 0.29) is 11.8 Å². The number of ether oxygens (including phenoxy) is 1. The Balaban J connectivity index is 1.44. The van der Waals surface area contributed by atoms with Crippen molar-refractivity contribution < 1.29 is 14.3 Å². The number of hydrogen-bond acceptors (Lipinski definition) is 4. The third kappa shape index (κ3) is 4.77. The first-order valence-electron chi connectivity index (χ1n) is 10.1. The Bertz CT molecular complexity index is 1130. The summed E-state index contributed by atoms with van der Waals surface area (Å²) in [5.74, 6) is 0.642. The van der Waals surface area contributed by atoms with Crippen molar-refractivity contribution in [1.29, 1.82) is 0 Å². The number of rotatable bonds is 6. The summed E-state index contributed by atoms with van der Waals surface area (Å²) >= 11 is 3.49. The lowest BCUT2D eigenvalue weighted by molar-refractivity contribution is -0.121. The van der Waals surface area contributed by atoms with E-state index >= 15 is 0 Å². The molecule has 2 aromatic carbocycles. The quantitative estimate of drug-likeness (QED) is 0.539. The van der Waals surface area contributed by atoms with Crippen LogP contribution >= 0.6 is 15.9 Å². The van der Waals surface area contributed by atoms with Gasteiger partial charge in [0, 0.05) is 30.2 Å². The van der Waals surface area contributed by atoms with E-state index in [9.17, 15) is 9.59 Å². The minimum Gasteiger partial charge on any atom is -0.436 e. The Morgan fingerprint density at radius 3 is 2.84 bits per heavy atom. The molecule has 0 fully saturated rings. The number of carbonyl (C=O) groups excluding carboxylic acids is 2. The first-order valence-corrected chi connectivity index (χ1v) is 10.9. The molecular weight excluding hydrogens is 458 g/mol. The van der Waals surface area contributed by atoms with Gasteiger partial charge in [0.05, 0.1) is 5.69 Å². The SMILES string of the molecule is Cc1ccc2c(c1)N(CCCC(=O)NCc1ccccc1Br)C(=O)c1cccnc1O2. The number of benzene rings is 2. The number of nitrogens with one attached hydrogen (secondary N) is 1. The van der Waals surface area contributed by atoms with Gasteiger partial charge in [-0.3, -0.25) is 9.59 Å². The Kier molecular flexibility index (Phi) is 6.32. The van der Waals surface area contributed by atoms with Crippen LogP contribution in [0.5, 0.6) is 11.6 Å². The predicted octanol–water partition coefficient (Wildman–Crippen LogP) is 5.00. The fourth-order valence-corrected chi connectivity index (χ4v) is 3.89. The molecule has 0 spiro atoms. The molecule has 4 rings (SSSR count). The molecule has 0 atom stereocenters. The van der Waals surface area contributed by atoms with Crippen LogP contribution in [0.25, 0.3) is 0 Å². The second-order valence-corrected chi connectivity index (χ2v) is 8.21. The molecule has 31 heavy (non-hydrogen) atoms. The molecule has 1 N–H and O–H groups in total. The van der Waals surface area contributed by atoms with E-state index < -0.39 is 0 Å². The molecule has 2 heterocycles. The molecule has 0 unspecified atom stereocenters. The highest BCUT2D eigenvalue weighted by Gasteiger charge is 2.28. The van der Waals surface area contributed by atoms with Crippen molar-refractivity contribution in [3.63, 3.8) is 0 Å². The molecule has 0 radical (unpaired) electrons. The number of aromatic nitrogens is 1. The van der Waals surface area contributed by atoms with Crippen LogP contribution in [0.4, 0.5) is 5.69 Å². The fourth-order valence-electron chi connectivity index (χ4n) is 3.46. The standard InChI is InChI=1S/C24H22BrN3O3/c1-16-10-11-21-20(14-16)28(24(30)18-7-4-12-26-23(18)31-21)13-5-9-22(29)27-15-17-6-2-3-8-19(17)25/h2-4,6-8,10-12,14H,5,9,13,15H2,1H3,(H,27,29). The van der Waals surface area contributed by atoms with Gasteiger partial charge in [0.15, 0.2) is 5.75 Å². The number of nitrogens with zero attached hydrogens (tertiary/aromatic N) is 2. The third-order valence-electron chi connectivity index (χ3n) is 5.08. The number of hydrogen-bond donors (Lipinski definition) is 1. The molecule has 0 saturated heterocycles. The van der Waals surface area contributed by atoms with Gasteiger partial charge in [-0.15, -0.1) is 0 Å². The number of pyridine rings is 1. The summed E-state index contributed by atoms with van der Waals surface area (Å²) in [4.78, 5) is 31.5. The van der Waals surface area contributed by atoms with Crippen molar-refractivity contribution in [3.8, 4) is 11.6 Å². The van der Waals surface area contributed by atoms with Crippen LogP contribution in [-0.4, -0.2) is 23.3 Å². The maximum absolute atomic E-state index is 13.2. The van der Waals surface area contributed by atoms with E-state index in [4.69, 9.17) is 4.74 Å². The van der Waals surface area contributed by atoms with Crippen molar-refractivity contribution in [3.05, 3.63) is 82.0 Å². The van der Waals surface area contributed by atoms with Crippen LogP contribution in [-0.2, 0) is 11.3 Å². The van der Waals surface area contributed by atoms with Gasteiger partial charge in [-0.2, -0.15) is 0 Å². The molecule has 1 aliphatic heterocycles. The minimum absolute atomic E-state index is 0.0548. The smallest absolute Gasteiger partial charge is 0.263 e. The minimum atomic E-state index is -0.180. The molecule has 1 aliphatic rings. The number of halogens is 1. The van der Waals surface area contributed by atoms with Gasteiger partial charge < -0.3 is 15.0 Å². The molecule has 0 aliphatic carbocycles. The van der Waals surface area contributed by atoms with Crippen LogP contribution in [0.3, 0.4) is 0 Å².